The molecule has 2 saturated carbocycles. The van der Waals surface area contributed by atoms with Crippen molar-refractivity contribution < 1.29 is 23.8 Å². The summed E-state index contributed by atoms with van der Waals surface area (Å²) in [5, 5.41) is 11.1. The normalized spacial score (nSPS) is 51.6. The second-order valence-electron chi connectivity index (χ2n) is 8.85. The van der Waals surface area contributed by atoms with Gasteiger partial charge in [0.25, 0.3) is 0 Å². The lowest BCUT2D eigenvalue weighted by Crippen LogP contribution is -2.76. The Morgan fingerprint density at radius 2 is 2.20 bits per heavy atom. The van der Waals surface area contributed by atoms with Gasteiger partial charge in [0.05, 0.1) is 41.7 Å². The number of hydrogen-bond donors (Lipinski definition) is 1. The van der Waals surface area contributed by atoms with Crippen LogP contribution in [0.2, 0.25) is 0 Å². The number of carbonyl (C=O) groups is 1. The number of furan rings is 1. The molecule has 4 fully saturated rings. The average molecular weight is 346 g/mol. The van der Waals surface area contributed by atoms with Gasteiger partial charge in [-0.3, -0.25) is 4.79 Å². The number of rotatable bonds is 1. The van der Waals surface area contributed by atoms with Crippen LogP contribution < -0.4 is 0 Å². The molecule has 0 radical (unpaired) electrons. The fraction of sp³-hybridized carbons (Fsp3) is 0.750. The predicted octanol–water partition coefficient (Wildman–Crippen LogP) is 3.23. The summed E-state index contributed by atoms with van der Waals surface area (Å²) in [6, 6.07) is 1.88. The van der Waals surface area contributed by atoms with Crippen molar-refractivity contribution in [2.45, 2.75) is 63.8 Å². The van der Waals surface area contributed by atoms with Crippen molar-refractivity contribution in [2.75, 3.05) is 6.61 Å². The van der Waals surface area contributed by atoms with E-state index in [0.29, 0.717) is 19.4 Å². The molecule has 2 spiro atoms. The van der Waals surface area contributed by atoms with Crippen LogP contribution in [-0.4, -0.2) is 29.4 Å². The Morgan fingerprint density at radius 1 is 1.36 bits per heavy atom. The van der Waals surface area contributed by atoms with Crippen molar-refractivity contribution in [2.24, 2.45) is 22.7 Å². The summed E-state index contributed by atoms with van der Waals surface area (Å²) in [6.45, 7) is 4.80. The highest BCUT2D eigenvalue weighted by Gasteiger charge is 2.76. The quantitative estimate of drug-likeness (QED) is 0.791. The highest BCUT2D eigenvalue weighted by molar-refractivity contribution is 5.81. The van der Waals surface area contributed by atoms with Crippen molar-refractivity contribution >= 4 is 5.97 Å². The minimum Gasteiger partial charge on any atom is -0.472 e. The number of fused-ring (bicyclic) bond motifs is 1. The molecular formula is C20H26O5. The van der Waals surface area contributed by atoms with Crippen molar-refractivity contribution in [1.29, 1.82) is 0 Å². The molecule has 3 heterocycles. The van der Waals surface area contributed by atoms with Crippen molar-refractivity contribution in [3.8, 4) is 0 Å². The Bertz CT molecular complexity index is 699. The van der Waals surface area contributed by atoms with E-state index in [4.69, 9.17) is 13.9 Å². The molecule has 1 aromatic heterocycles. The number of esters is 1. The van der Waals surface area contributed by atoms with Crippen LogP contribution in [0.5, 0.6) is 0 Å². The molecule has 0 unspecified atom stereocenters. The zero-order valence-electron chi connectivity index (χ0n) is 14.9. The van der Waals surface area contributed by atoms with Gasteiger partial charge in [-0.15, -0.1) is 0 Å². The average Bonchev–Trinajstić information content (AvgIpc) is 3.19. The van der Waals surface area contributed by atoms with Gasteiger partial charge in [-0.2, -0.15) is 0 Å². The number of aliphatic hydroxyl groups is 1. The summed E-state index contributed by atoms with van der Waals surface area (Å²) in [4.78, 5) is 13.2. The largest absolute Gasteiger partial charge is 0.472 e. The first kappa shape index (κ1) is 15.9. The van der Waals surface area contributed by atoms with Crippen LogP contribution in [0.1, 0.15) is 57.6 Å². The first-order chi connectivity index (χ1) is 11.9. The zero-order valence-corrected chi connectivity index (χ0v) is 14.9. The molecule has 2 saturated heterocycles. The maximum Gasteiger partial charge on any atom is 0.313 e. The van der Waals surface area contributed by atoms with E-state index in [2.05, 4.69) is 13.8 Å². The van der Waals surface area contributed by atoms with Gasteiger partial charge in [-0.25, -0.2) is 0 Å². The predicted molar refractivity (Wildman–Crippen MR) is 88.5 cm³/mol. The number of carbonyl (C=O) groups excluding carboxylic acids is 1. The molecule has 5 rings (SSSR count). The molecule has 5 heteroatoms. The molecule has 25 heavy (non-hydrogen) atoms. The van der Waals surface area contributed by atoms with E-state index >= 15 is 0 Å². The van der Waals surface area contributed by atoms with Crippen LogP contribution in [0.25, 0.3) is 0 Å². The van der Waals surface area contributed by atoms with Crippen LogP contribution in [0, 0.1) is 22.7 Å². The van der Waals surface area contributed by atoms with Gasteiger partial charge >= 0.3 is 5.97 Å². The molecule has 0 bridgehead atoms. The first-order valence-corrected chi connectivity index (χ1v) is 9.49. The Balaban J connectivity index is 1.59. The van der Waals surface area contributed by atoms with E-state index < -0.39 is 11.5 Å². The number of aliphatic hydroxyl groups excluding tert-OH is 1. The van der Waals surface area contributed by atoms with Crippen molar-refractivity contribution in [1.82, 2.24) is 0 Å². The van der Waals surface area contributed by atoms with Crippen LogP contribution in [0.15, 0.2) is 23.0 Å². The van der Waals surface area contributed by atoms with Crippen LogP contribution in [0.3, 0.4) is 0 Å². The number of ether oxygens (including phenoxy) is 2. The summed E-state index contributed by atoms with van der Waals surface area (Å²) < 4.78 is 17.1. The molecule has 2 aliphatic carbocycles. The zero-order chi connectivity index (χ0) is 17.4. The van der Waals surface area contributed by atoms with E-state index in [1.807, 2.05) is 6.07 Å². The lowest BCUT2D eigenvalue weighted by Gasteiger charge is -2.70. The van der Waals surface area contributed by atoms with Crippen LogP contribution in [-0.2, 0) is 14.3 Å². The Hall–Kier alpha value is -1.33. The number of hydrogen-bond acceptors (Lipinski definition) is 5. The third-order valence-corrected chi connectivity index (χ3v) is 8.12. The maximum absolute atomic E-state index is 13.2. The molecule has 4 aliphatic rings. The molecule has 1 aromatic rings. The van der Waals surface area contributed by atoms with Gasteiger partial charge in [0.2, 0.25) is 0 Å². The Kier molecular flexibility index (Phi) is 3.11. The third-order valence-electron chi connectivity index (χ3n) is 8.12. The maximum atomic E-state index is 13.2. The molecular weight excluding hydrogens is 320 g/mol. The smallest absolute Gasteiger partial charge is 0.313 e. The van der Waals surface area contributed by atoms with Gasteiger partial charge < -0.3 is 19.0 Å². The van der Waals surface area contributed by atoms with Crippen LogP contribution >= 0.6 is 0 Å². The van der Waals surface area contributed by atoms with Gasteiger partial charge in [0, 0.05) is 12.0 Å². The molecule has 5 nitrogen and oxygen atoms in total. The van der Waals surface area contributed by atoms with Crippen molar-refractivity contribution in [3.63, 3.8) is 0 Å². The fourth-order valence-electron chi connectivity index (χ4n) is 6.66. The Labute approximate surface area is 147 Å². The second kappa shape index (κ2) is 4.89. The van der Waals surface area contributed by atoms with Crippen LogP contribution in [0.4, 0.5) is 0 Å². The molecule has 1 N–H and O–H groups in total. The third kappa shape index (κ3) is 1.69. The fourth-order valence-corrected chi connectivity index (χ4v) is 6.66. The summed E-state index contributed by atoms with van der Waals surface area (Å²) >= 11 is 0. The minimum atomic E-state index is -0.521. The summed E-state index contributed by atoms with van der Waals surface area (Å²) in [5.41, 5.74) is -0.202. The van der Waals surface area contributed by atoms with E-state index in [1.165, 1.54) is 0 Å². The Morgan fingerprint density at radius 3 is 2.88 bits per heavy atom. The highest BCUT2D eigenvalue weighted by Crippen LogP contribution is 2.71. The molecule has 0 aromatic carbocycles. The first-order valence-electron chi connectivity index (χ1n) is 9.49. The SMILES string of the molecule is C[C@@H]1C[C@H](O)[C@@]23CO[C@]2(C)CCC[C@@H]3[C@]12C[C@@H](c1ccoc1)OC2=O. The van der Waals surface area contributed by atoms with E-state index in [0.717, 1.165) is 24.8 Å². The summed E-state index contributed by atoms with van der Waals surface area (Å²) in [6.07, 6.45) is 6.94. The molecule has 0 amide bonds. The molecule has 7 atom stereocenters. The standard InChI is InChI=1S/C20H26O5/c1-12-8-16(21)20-11-24-18(20,2)6-3-4-15(20)19(12)9-14(25-17(19)22)13-5-7-23-10-13/h5,7,10,12,14-16,21H,3-4,6,8-9,11H2,1-2H3/t12-,14+,15-,16+,18-,19+,20+/m1/s1. The lowest BCUT2D eigenvalue weighted by molar-refractivity contribution is -0.359. The van der Waals surface area contributed by atoms with Gasteiger partial charge in [-0.1, -0.05) is 13.3 Å². The number of cyclic esters (lactones) is 1. The minimum absolute atomic E-state index is 0.0846. The topological polar surface area (TPSA) is 68.9 Å². The highest BCUT2D eigenvalue weighted by atomic mass is 16.6. The van der Waals surface area contributed by atoms with Gasteiger partial charge in [-0.05, 0) is 44.1 Å². The lowest BCUT2D eigenvalue weighted by atomic mass is 9.40. The summed E-state index contributed by atoms with van der Waals surface area (Å²) in [7, 11) is 0. The van der Waals surface area contributed by atoms with Gasteiger partial charge in [0.1, 0.15) is 6.10 Å². The van der Waals surface area contributed by atoms with Gasteiger partial charge in [0.15, 0.2) is 0 Å². The van der Waals surface area contributed by atoms with E-state index in [1.54, 1.807) is 12.5 Å². The molecule has 136 valence electrons. The monoisotopic (exact) mass is 346 g/mol. The van der Waals surface area contributed by atoms with E-state index in [9.17, 15) is 9.90 Å². The second-order valence-corrected chi connectivity index (χ2v) is 8.85. The van der Waals surface area contributed by atoms with E-state index in [-0.39, 0.29) is 34.9 Å². The molecule has 2 aliphatic heterocycles. The summed E-state index contributed by atoms with van der Waals surface area (Å²) in [5.74, 6) is 0.139. The van der Waals surface area contributed by atoms with Crippen molar-refractivity contribution in [3.05, 3.63) is 24.2 Å².